The number of rotatable bonds is 6. The summed E-state index contributed by atoms with van der Waals surface area (Å²) in [4.78, 5) is 20.8. The van der Waals surface area contributed by atoms with E-state index >= 15 is 0 Å². The zero-order valence-electron chi connectivity index (χ0n) is 18.3. The van der Waals surface area contributed by atoms with Crippen LogP contribution >= 0.6 is 11.3 Å². The Bertz CT molecular complexity index is 1190. The highest BCUT2D eigenvalue weighted by atomic mass is 32.1. The number of aromatic nitrogens is 2. The number of piperidine rings is 1. The van der Waals surface area contributed by atoms with E-state index in [0.717, 1.165) is 43.0 Å². The van der Waals surface area contributed by atoms with Crippen LogP contribution in [0.1, 0.15) is 39.8 Å². The number of fused-ring (bicyclic) bond motifs is 1. The van der Waals surface area contributed by atoms with Crippen LogP contribution in [0.15, 0.2) is 72.4 Å². The van der Waals surface area contributed by atoms with Crippen LogP contribution in [0.2, 0.25) is 0 Å². The summed E-state index contributed by atoms with van der Waals surface area (Å²) in [6.45, 7) is 2.94. The van der Waals surface area contributed by atoms with Crippen molar-refractivity contribution in [3.05, 3.63) is 88.5 Å². The standard InChI is InChI=1S/C26H28N4OS/c1-29-16-20(21-9-2-3-11-23(21)29)18-30-14-6-8-19(17-30)25(22-10-4-5-13-27-22)28-26(31)24-12-7-15-32-24/h2-5,7,9-13,15-16,19,25H,6,8,14,17-18H2,1H3,(H,28,31)/t19-,25-/m0/s1. The molecule has 3 aromatic heterocycles. The van der Waals surface area contributed by atoms with Crippen molar-refractivity contribution in [1.82, 2.24) is 19.8 Å². The predicted octanol–water partition coefficient (Wildman–Crippen LogP) is 5.02. The molecular weight excluding hydrogens is 416 g/mol. The minimum atomic E-state index is -0.0962. The van der Waals surface area contributed by atoms with Crippen LogP contribution in [-0.4, -0.2) is 33.4 Å². The fourth-order valence-corrected chi connectivity index (χ4v) is 5.54. The van der Waals surface area contributed by atoms with Crippen LogP contribution in [0, 0.1) is 5.92 Å². The molecule has 1 fully saturated rings. The molecule has 2 atom stereocenters. The van der Waals surface area contributed by atoms with Crippen molar-refractivity contribution in [3.8, 4) is 0 Å². The summed E-state index contributed by atoms with van der Waals surface area (Å²) in [5.74, 6) is 0.305. The van der Waals surface area contributed by atoms with Gasteiger partial charge in [-0.3, -0.25) is 14.7 Å². The Morgan fingerprint density at radius 1 is 1.19 bits per heavy atom. The van der Waals surface area contributed by atoms with E-state index in [4.69, 9.17) is 0 Å². The van der Waals surface area contributed by atoms with E-state index in [0.29, 0.717) is 5.92 Å². The van der Waals surface area contributed by atoms with Gasteiger partial charge >= 0.3 is 0 Å². The molecular formula is C26H28N4OS. The normalized spacial score (nSPS) is 18.0. The fourth-order valence-electron chi connectivity index (χ4n) is 4.91. The van der Waals surface area contributed by atoms with Crippen LogP contribution in [0.5, 0.6) is 0 Å². The van der Waals surface area contributed by atoms with Gasteiger partial charge in [0.15, 0.2) is 0 Å². The Kier molecular flexibility index (Phi) is 6.06. The SMILES string of the molecule is Cn1cc(CN2CCC[C@H]([C@H](NC(=O)c3cccs3)c3ccccn3)C2)c2ccccc21. The molecule has 1 amide bonds. The number of hydrogen-bond acceptors (Lipinski definition) is 4. The lowest BCUT2D eigenvalue weighted by molar-refractivity contribution is 0.0879. The van der Waals surface area contributed by atoms with E-state index < -0.39 is 0 Å². The number of benzene rings is 1. The van der Waals surface area contributed by atoms with Crippen molar-refractivity contribution < 1.29 is 4.79 Å². The number of aryl methyl sites for hydroxylation is 1. The molecule has 4 aromatic rings. The highest BCUT2D eigenvalue weighted by molar-refractivity contribution is 7.12. The van der Waals surface area contributed by atoms with E-state index in [9.17, 15) is 4.79 Å². The molecule has 1 N–H and O–H groups in total. The minimum Gasteiger partial charge on any atom is -0.350 e. The Hall–Kier alpha value is -2.96. The third-order valence-corrected chi connectivity index (χ3v) is 7.29. The summed E-state index contributed by atoms with van der Waals surface area (Å²) < 4.78 is 2.21. The summed E-state index contributed by atoms with van der Waals surface area (Å²) in [7, 11) is 2.11. The molecule has 0 aliphatic carbocycles. The molecule has 1 saturated heterocycles. The van der Waals surface area contributed by atoms with Crippen LogP contribution < -0.4 is 5.32 Å². The highest BCUT2D eigenvalue weighted by Gasteiger charge is 2.31. The largest absolute Gasteiger partial charge is 0.350 e. The monoisotopic (exact) mass is 444 g/mol. The number of nitrogens with one attached hydrogen (secondary N) is 1. The maximum atomic E-state index is 12.9. The Labute approximate surface area is 192 Å². The molecule has 164 valence electrons. The van der Waals surface area contributed by atoms with Gasteiger partial charge in [-0.1, -0.05) is 30.3 Å². The second-order valence-corrected chi connectivity index (χ2v) is 9.55. The lowest BCUT2D eigenvalue weighted by atomic mass is 9.88. The van der Waals surface area contributed by atoms with Gasteiger partial charge in [-0.25, -0.2) is 0 Å². The van der Waals surface area contributed by atoms with Gasteiger partial charge in [-0.05, 0) is 60.5 Å². The minimum absolute atomic E-state index is 0.0122. The van der Waals surface area contributed by atoms with Crippen molar-refractivity contribution in [3.63, 3.8) is 0 Å². The number of para-hydroxylation sites is 1. The van der Waals surface area contributed by atoms with Crippen LogP contribution in [-0.2, 0) is 13.6 Å². The Balaban J connectivity index is 1.36. The first-order chi connectivity index (χ1) is 15.7. The van der Waals surface area contributed by atoms with Crippen LogP contribution in [0.3, 0.4) is 0 Å². The molecule has 0 spiro atoms. The maximum Gasteiger partial charge on any atom is 0.261 e. The number of carbonyl (C=O) groups excluding carboxylic acids is 1. The topological polar surface area (TPSA) is 50.2 Å². The summed E-state index contributed by atoms with van der Waals surface area (Å²) in [5.41, 5.74) is 3.57. The van der Waals surface area contributed by atoms with Gasteiger partial charge in [0.2, 0.25) is 0 Å². The molecule has 4 heterocycles. The Morgan fingerprint density at radius 2 is 2.06 bits per heavy atom. The fraction of sp³-hybridized carbons (Fsp3) is 0.308. The predicted molar refractivity (Wildman–Crippen MR) is 130 cm³/mol. The Morgan fingerprint density at radius 3 is 2.88 bits per heavy atom. The summed E-state index contributed by atoms with van der Waals surface area (Å²) >= 11 is 1.48. The van der Waals surface area contributed by atoms with Gasteiger partial charge in [0.25, 0.3) is 5.91 Å². The maximum absolute atomic E-state index is 12.9. The number of amides is 1. The smallest absolute Gasteiger partial charge is 0.261 e. The molecule has 6 heteroatoms. The van der Waals surface area contributed by atoms with Crippen LogP contribution in [0.4, 0.5) is 0 Å². The van der Waals surface area contributed by atoms with Crippen molar-refractivity contribution in [2.75, 3.05) is 13.1 Å². The zero-order valence-corrected chi connectivity index (χ0v) is 19.1. The molecule has 0 saturated carbocycles. The molecule has 5 rings (SSSR count). The average Bonchev–Trinajstić information content (AvgIpc) is 3.47. The zero-order chi connectivity index (χ0) is 21.9. The van der Waals surface area contributed by atoms with E-state index in [1.54, 1.807) is 0 Å². The second-order valence-electron chi connectivity index (χ2n) is 8.60. The van der Waals surface area contributed by atoms with E-state index in [1.807, 2.05) is 41.9 Å². The van der Waals surface area contributed by atoms with Crippen molar-refractivity contribution in [1.29, 1.82) is 0 Å². The van der Waals surface area contributed by atoms with Crippen molar-refractivity contribution in [2.45, 2.75) is 25.4 Å². The van der Waals surface area contributed by atoms with Gasteiger partial charge in [-0.15, -0.1) is 11.3 Å². The van der Waals surface area contributed by atoms with Crippen LogP contribution in [0.25, 0.3) is 10.9 Å². The molecule has 5 nitrogen and oxygen atoms in total. The summed E-state index contributed by atoms with van der Waals surface area (Å²) in [5, 5.41) is 6.57. The quantitative estimate of drug-likeness (QED) is 0.454. The lowest BCUT2D eigenvalue weighted by Gasteiger charge is -2.37. The molecule has 1 aliphatic rings. The first-order valence-corrected chi connectivity index (χ1v) is 12.1. The third-order valence-electron chi connectivity index (χ3n) is 6.42. The summed E-state index contributed by atoms with van der Waals surface area (Å²) in [6.07, 6.45) is 6.27. The van der Waals surface area contributed by atoms with Gasteiger partial charge in [0.1, 0.15) is 0 Å². The van der Waals surface area contributed by atoms with Gasteiger partial charge < -0.3 is 9.88 Å². The van der Waals surface area contributed by atoms with Gasteiger partial charge in [-0.2, -0.15) is 0 Å². The number of thiophene rings is 1. The number of pyridine rings is 1. The molecule has 1 aliphatic heterocycles. The molecule has 0 radical (unpaired) electrons. The van der Waals surface area contributed by atoms with E-state index in [2.05, 4.69) is 57.3 Å². The number of hydrogen-bond donors (Lipinski definition) is 1. The first-order valence-electron chi connectivity index (χ1n) is 11.2. The highest BCUT2D eigenvalue weighted by Crippen LogP contribution is 2.31. The first kappa shape index (κ1) is 20.9. The van der Waals surface area contributed by atoms with Crippen molar-refractivity contribution >= 4 is 28.1 Å². The number of likely N-dealkylation sites (tertiary alicyclic amines) is 1. The number of nitrogens with zero attached hydrogens (tertiary/aromatic N) is 3. The summed E-state index contributed by atoms with van der Waals surface area (Å²) in [6, 6.07) is 18.3. The van der Waals surface area contributed by atoms with E-state index in [-0.39, 0.29) is 11.9 Å². The number of carbonyl (C=O) groups is 1. The lowest BCUT2D eigenvalue weighted by Crippen LogP contribution is -2.42. The van der Waals surface area contributed by atoms with E-state index in [1.165, 1.54) is 27.8 Å². The molecule has 0 bridgehead atoms. The molecule has 0 unspecified atom stereocenters. The third kappa shape index (κ3) is 4.33. The average molecular weight is 445 g/mol. The van der Waals surface area contributed by atoms with Gasteiger partial charge in [0, 0.05) is 43.4 Å². The second kappa shape index (κ2) is 9.27. The van der Waals surface area contributed by atoms with Crippen molar-refractivity contribution in [2.24, 2.45) is 13.0 Å². The molecule has 32 heavy (non-hydrogen) atoms. The molecule has 1 aromatic carbocycles. The van der Waals surface area contributed by atoms with Gasteiger partial charge in [0.05, 0.1) is 16.6 Å².